The molecule has 1 N–H and O–H groups in total. The van der Waals surface area contributed by atoms with Gasteiger partial charge in [-0.3, -0.25) is 14.6 Å². The van der Waals surface area contributed by atoms with Gasteiger partial charge in [0.25, 0.3) is 10.0 Å². The predicted molar refractivity (Wildman–Crippen MR) is 135 cm³/mol. The number of amides is 2. The van der Waals surface area contributed by atoms with E-state index in [2.05, 4.69) is 9.71 Å². The Hall–Kier alpha value is -2.53. The number of sulfonamides is 1. The molecule has 4 heterocycles. The van der Waals surface area contributed by atoms with Crippen LogP contribution in [0.1, 0.15) is 37.3 Å². The molecule has 2 aromatic heterocycles. The lowest BCUT2D eigenvalue weighted by Crippen LogP contribution is -2.54. The molecule has 0 radical (unpaired) electrons. The smallest absolute Gasteiger partial charge is 0.250 e. The number of aromatic nitrogens is 1. The highest BCUT2D eigenvalue weighted by atomic mass is 35.5. The number of benzene rings is 1. The summed E-state index contributed by atoms with van der Waals surface area (Å²) in [4.78, 5) is 33.7. The molecule has 2 unspecified atom stereocenters. The molecule has 2 saturated heterocycles. The van der Waals surface area contributed by atoms with Gasteiger partial charge in [0.15, 0.2) is 0 Å². The fourth-order valence-corrected chi connectivity index (χ4v) is 7.73. The van der Waals surface area contributed by atoms with Crippen LogP contribution in [0.25, 0.3) is 10.1 Å². The van der Waals surface area contributed by atoms with Crippen LogP contribution in [0.5, 0.6) is 0 Å². The van der Waals surface area contributed by atoms with Crippen LogP contribution in [0.4, 0.5) is 0 Å². The minimum absolute atomic E-state index is 0.0267. The number of hydrogen-bond acceptors (Lipinski definition) is 6. The lowest BCUT2D eigenvalue weighted by atomic mass is 10.0. The molecule has 184 valence electrons. The molecule has 1 aromatic carbocycles. The number of likely N-dealkylation sites (tertiary alicyclic amines) is 2. The zero-order chi connectivity index (χ0) is 24.6. The molecule has 35 heavy (non-hydrogen) atoms. The van der Waals surface area contributed by atoms with Gasteiger partial charge in [0, 0.05) is 35.2 Å². The van der Waals surface area contributed by atoms with Crippen molar-refractivity contribution in [1.29, 1.82) is 0 Å². The molecule has 11 heteroatoms. The van der Waals surface area contributed by atoms with Gasteiger partial charge in [-0.2, -0.15) is 4.72 Å². The molecule has 3 aromatic rings. The fraction of sp³-hybridized carbons (Fsp3) is 0.375. The number of thiophene rings is 1. The summed E-state index contributed by atoms with van der Waals surface area (Å²) in [5.74, 6) is -0.487. The monoisotopic (exact) mass is 532 g/mol. The molecule has 0 bridgehead atoms. The van der Waals surface area contributed by atoms with Crippen LogP contribution >= 0.6 is 22.9 Å². The lowest BCUT2D eigenvalue weighted by Gasteiger charge is -2.34. The van der Waals surface area contributed by atoms with Crippen molar-refractivity contribution >= 4 is 54.9 Å². The number of pyridine rings is 1. The summed E-state index contributed by atoms with van der Waals surface area (Å²) >= 11 is 7.13. The largest absolute Gasteiger partial charge is 0.334 e. The molecule has 0 spiro atoms. The van der Waals surface area contributed by atoms with Crippen LogP contribution < -0.4 is 4.72 Å². The Morgan fingerprint density at radius 3 is 2.69 bits per heavy atom. The van der Waals surface area contributed by atoms with Gasteiger partial charge in [-0.15, -0.1) is 11.3 Å². The molecule has 5 rings (SSSR count). The van der Waals surface area contributed by atoms with Crippen molar-refractivity contribution in [2.24, 2.45) is 0 Å². The van der Waals surface area contributed by atoms with Gasteiger partial charge in [-0.1, -0.05) is 17.7 Å². The number of halogens is 1. The topological polar surface area (TPSA) is 99.7 Å². The Morgan fingerprint density at radius 1 is 1.11 bits per heavy atom. The quantitative estimate of drug-likeness (QED) is 0.523. The first-order valence-electron chi connectivity index (χ1n) is 11.5. The minimum atomic E-state index is -3.90. The number of carbonyl (C=O) groups is 2. The second kappa shape index (κ2) is 9.85. The molecule has 2 aliphatic heterocycles. The first-order chi connectivity index (χ1) is 16.8. The van der Waals surface area contributed by atoms with Crippen molar-refractivity contribution in [2.45, 2.75) is 42.0 Å². The molecule has 2 atom stereocenters. The third kappa shape index (κ3) is 5.06. The Bertz CT molecular complexity index is 1360. The van der Waals surface area contributed by atoms with Gasteiger partial charge >= 0.3 is 0 Å². The van der Waals surface area contributed by atoms with Crippen LogP contribution in [0.15, 0.2) is 53.0 Å². The van der Waals surface area contributed by atoms with E-state index in [0.29, 0.717) is 31.0 Å². The Labute approximate surface area is 212 Å². The summed E-state index contributed by atoms with van der Waals surface area (Å²) in [7, 11) is -3.90. The zero-order valence-corrected chi connectivity index (χ0v) is 21.3. The van der Waals surface area contributed by atoms with Crippen molar-refractivity contribution in [3.8, 4) is 0 Å². The zero-order valence-electron chi connectivity index (χ0n) is 18.9. The number of rotatable bonds is 6. The van der Waals surface area contributed by atoms with Gasteiger partial charge in [0.2, 0.25) is 11.8 Å². The van der Waals surface area contributed by atoms with Crippen LogP contribution in [-0.4, -0.2) is 60.7 Å². The summed E-state index contributed by atoms with van der Waals surface area (Å²) in [6, 6.07) is 9.68. The van der Waals surface area contributed by atoms with E-state index < -0.39 is 16.1 Å². The molecule has 2 amide bonds. The van der Waals surface area contributed by atoms with Gasteiger partial charge < -0.3 is 9.80 Å². The lowest BCUT2D eigenvalue weighted by molar-refractivity contribution is -0.143. The van der Waals surface area contributed by atoms with Crippen molar-refractivity contribution in [3.05, 3.63) is 59.4 Å². The molecular weight excluding hydrogens is 508 g/mol. The van der Waals surface area contributed by atoms with E-state index in [-0.39, 0.29) is 28.6 Å². The van der Waals surface area contributed by atoms with Gasteiger partial charge in [0.1, 0.15) is 10.3 Å². The van der Waals surface area contributed by atoms with Crippen molar-refractivity contribution in [2.75, 3.05) is 19.6 Å². The van der Waals surface area contributed by atoms with Gasteiger partial charge in [-0.05, 0) is 67.0 Å². The van der Waals surface area contributed by atoms with Crippen LogP contribution in [-0.2, 0) is 19.6 Å². The van der Waals surface area contributed by atoms with E-state index in [9.17, 15) is 18.0 Å². The second-order valence-electron chi connectivity index (χ2n) is 8.85. The van der Waals surface area contributed by atoms with Crippen molar-refractivity contribution < 1.29 is 18.0 Å². The maximum absolute atomic E-state index is 13.2. The number of carbonyl (C=O) groups excluding carboxylic acids is 2. The van der Waals surface area contributed by atoms with Crippen molar-refractivity contribution in [3.63, 3.8) is 0 Å². The van der Waals surface area contributed by atoms with E-state index in [1.165, 1.54) is 4.90 Å². The number of nitrogens with one attached hydrogen (secondary N) is 1. The number of fused-ring (bicyclic) bond motifs is 1. The molecule has 2 fully saturated rings. The molecule has 0 saturated carbocycles. The van der Waals surface area contributed by atoms with Gasteiger partial charge in [0.05, 0.1) is 12.6 Å². The van der Waals surface area contributed by atoms with E-state index >= 15 is 0 Å². The SMILES string of the molecule is O=C1C(NS(=O)(=O)c2cc3ccc(Cl)cc3s2)CCCN1CC(=O)N1CCCC1c1ccncc1. The summed E-state index contributed by atoms with van der Waals surface area (Å²) in [6.07, 6.45) is 6.20. The van der Waals surface area contributed by atoms with Crippen molar-refractivity contribution in [1.82, 2.24) is 19.5 Å². The summed E-state index contributed by atoms with van der Waals surface area (Å²) in [5.41, 5.74) is 1.03. The first-order valence-corrected chi connectivity index (χ1v) is 14.2. The normalized spacial score (nSPS) is 21.1. The summed E-state index contributed by atoms with van der Waals surface area (Å²) in [5, 5.41) is 1.31. The fourth-order valence-electron chi connectivity index (χ4n) is 4.82. The molecule has 8 nitrogen and oxygen atoms in total. The van der Waals surface area contributed by atoms with E-state index in [1.807, 2.05) is 17.0 Å². The highest BCUT2D eigenvalue weighted by Crippen LogP contribution is 2.33. The maximum atomic E-state index is 13.2. The highest BCUT2D eigenvalue weighted by molar-refractivity contribution is 7.91. The first kappa shape index (κ1) is 24.2. The Kier molecular flexibility index (Phi) is 6.80. The minimum Gasteiger partial charge on any atom is -0.334 e. The molecule has 0 aliphatic carbocycles. The van der Waals surface area contributed by atoms with Gasteiger partial charge in [-0.25, -0.2) is 8.42 Å². The third-order valence-electron chi connectivity index (χ3n) is 6.54. The highest BCUT2D eigenvalue weighted by Gasteiger charge is 2.36. The average Bonchev–Trinajstić information content (AvgIpc) is 3.50. The summed E-state index contributed by atoms with van der Waals surface area (Å²) in [6.45, 7) is 1.01. The van der Waals surface area contributed by atoms with E-state index in [4.69, 9.17) is 11.6 Å². The molecular formula is C24H25ClN4O4S2. The number of nitrogens with zero attached hydrogens (tertiary/aromatic N) is 3. The average molecular weight is 533 g/mol. The van der Waals surface area contributed by atoms with Crippen LogP contribution in [0.3, 0.4) is 0 Å². The van der Waals surface area contributed by atoms with E-state index in [0.717, 1.165) is 39.8 Å². The molecule has 2 aliphatic rings. The number of hydrogen-bond donors (Lipinski definition) is 1. The van der Waals surface area contributed by atoms with Crippen LogP contribution in [0.2, 0.25) is 5.02 Å². The maximum Gasteiger partial charge on any atom is 0.250 e. The standard InChI is InChI=1S/C24H25ClN4O4S2/c25-18-6-5-17-13-23(34-21(17)14-18)35(32,33)27-19-3-1-11-28(24(19)31)15-22(30)29-12-2-4-20(29)16-7-9-26-10-8-16/h5-10,13-14,19-20,27H,1-4,11-12,15H2. The Morgan fingerprint density at radius 2 is 1.89 bits per heavy atom. The third-order valence-corrected chi connectivity index (χ3v) is 9.82. The van der Waals surface area contributed by atoms with E-state index in [1.54, 1.807) is 36.7 Å². The van der Waals surface area contributed by atoms with Crippen LogP contribution in [0, 0.1) is 0 Å². The summed E-state index contributed by atoms with van der Waals surface area (Å²) < 4.78 is 29.6. The second-order valence-corrected chi connectivity index (χ2v) is 12.3. The number of piperidine rings is 1. The predicted octanol–water partition coefficient (Wildman–Crippen LogP) is 3.58. The Balaban J connectivity index is 1.27.